The van der Waals surface area contributed by atoms with Crippen LogP contribution in [0.25, 0.3) is 0 Å². The molecule has 7 nitrogen and oxygen atoms in total. The van der Waals surface area contributed by atoms with Crippen LogP contribution in [0.3, 0.4) is 0 Å². The van der Waals surface area contributed by atoms with Gasteiger partial charge in [0.15, 0.2) is 11.5 Å². The van der Waals surface area contributed by atoms with E-state index in [4.69, 9.17) is 9.47 Å². The van der Waals surface area contributed by atoms with Gasteiger partial charge < -0.3 is 14.5 Å². The Bertz CT molecular complexity index is 1620. The summed E-state index contributed by atoms with van der Waals surface area (Å²) in [6, 6.07) is 10.0. The lowest BCUT2D eigenvalue weighted by molar-refractivity contribution is -0.137. The van der Waals surface area contributed by atoms with Crippen LogP contribution in [0, 0.1) is 29.6 Å². The Morgan fingerprint density at radius 1 is 0.950 bits per heavy atom. The van der Waals surface area contributed by atoms with Crippen LogP contribution in [0.15, 0.2) is 52.3 Å². The predicted molar refractivity (Wildman–Crippen MR) is 142 cm³/mol. The highest BCUT2D eigenvalue weighted by Crippen LogP contribution is 2.68. The SMILES string of the molecule is COc1ccc([C@@H]2c3sc(=O)[nH]c3S[C@@H]3[C@@H]4C[C@H]([C@H]5C(=O)N(c6cccc(C(F)(F)F)c6)C(=O)[C@H]45)[C@H]23)cc1OC. The normalized spacial score (nSPS) is 30.3. The highest BCUT2D eigenvalue weighted by atomic mass is 32.2. The summed E-state index contributed by atoms with van der Waals surface area (Å²) in [5, 5.41) is 0.729. The third kappa shape index (κ3) is 3.54. The molecule has 7 rings (SSSR count). The molecule has 1 saturated heterocycles. The first kappa shape index (κ1) is 25.7. The number of imide groups is 1. The molecule has 1 N–H and O–H groups in total. The molecule has 3 aromatic rings. The minimum Gasteiger partial charge on any atom is -0.493 e. The first-order chi connectivity index (χ1) is 19.1. The van der Waals surface area contributed by atoms with Crippen LogP contribution >= 0.6 is 23.1 Å². The lowest BCUT2D eigenvalue weighted by Crippen LogP contribution is -2.42. The van der Waals surface area contributed by atoms with Gasteiger partial charge in [-0.25, -0.2) is 0 Å². The van der Waals surface area contributed by atoms with Gasteiger partial charge in [-0.15, -0.1) is 11.8 Å². The van der Waals surface area contributed by atoms with Gasteiger partial charge in [0, 0.05) is 16.0 Å². The molecule has 2 aromatic carbocycles. The first-order valence-electron chi connectivity index (χ1n) is 12.8. The number of anilines is 1. The molecule has 2 saturated carbocycles. The van der Waals surface area contributed by atoms with E-state index in [9.17, 15) is 27.6 Å². The first-order valence-corrected chi connectivity index (χ1v) is 14.5. The molecule has 40 heavy (non-hydrogen) atoms. The monoisotopic (exact) mass is 588 g/mol. The molecule has 2 aliphatic carbocycles. The van der Waals surface area contributed by atoms with Crippen molar-refractivity contribution in [2.24, 2.45) is 29.6 Å². The maximum absolute atomic E-state index is 13.8. The van der Waals surface area contributed by atoms with Crippen molar-refractivity contribution in [1.29, 1.82) is 0 Å². The number of amides is 2. The number of hydrogen-bond acceptors (Lipinski definition) is 7. The summed E-state index contributed by atoms with van der Waals surface area (Å²) in [7, 11) is 3.10. The zero-order chi connectivity index (χ0) is 28.1. The van der Waals surface area contributed by atoms with Gasteiger partial charge in [0.1, 0.15) is 0 Å². The van der Waals surface area contributed by atoms with Gasteiger partial charge in [-0.05, 0) is 60.1 Å². The molecule has 1 aromatic heterocycles. The summed E-state index contributed by atoms with van der Waals surface area (Å²) in [4.78, 5) is 44.6. The Morgan fingerprint density at radius 3 is 2.38 bits per heavy atom. The summed E-state index contributed by atoms with van der Waals surface area (Å²) >= 11 is 2.70. The highest BCUT2D eigenvalue weighted by Gasteiger charge is 2.69. The number of ether oxygens (including phenoxy) is 2. The number of aromatic nitrogens is 1. The Hall–Kier alpha value is -3.25. The van der Waals surface area contributed by atoms with E-state index in [-0.39, 0.29) is 39.5 Å². The average Bonchev–Trinajstić information content (AvgIpc) is 3.66. The predicted octanol–water partition coefficient (Wildman–Crippen LogP) is 5.15. The van der Waals surface area contributed by atoms with Crippen molar-refractivity contribution in [3.63, 3.8) is 0 Å². The van der Waals surface area contributed by atoms with Crippen molar-refractivity contribution in [3.05, 3.63) is 68.1 Å². The van der Waals surface area contributed by atoms with Crippen LogP contribution in [0.5, 0.6) is 11.5 Å². The van der Waals surface area contributed by atoms with E-state index in [0.717, 1.165) is 43.8 Å². The molecular weight excluding hydrogens is 565 g/mol. The molecule has 0 unspecified atom stereocenters. The molecule has 2 aliphatic heterocycles. The number of carbonyl (C=O) groups is 2. The van der Waals surface area contributed by atoms with Gasteiger partial charge in [-0.2, -0.15) is 13.2 Å². The maximum Gasteiger partial charge on any atom is 0.416 e. The third-order valence-corrected chi connectivity index (χ3v) is 11.5. The van der Waals surface area contributed by atoms with Gasteiger partial charge in [0.2, 0.25) is 11.8 Å². The van der Waals surface area contributed by atoms with Crippen LogP contribution in [0.1, 0.15) is 28.3 Å². The molecule has 4 aliphatic rings. The van der Waals surface area contributed by atoms with E-state index in [1.165, 1.54) is 12.1 Å². The van der Waals surface area contributed by atoms with Crippen molar-refractivity contribution < 1.29 is 32.2 Å². The maximum atomic E-state index is 13.8. The number of nitrogens with one attached hydrogen (secondary N) is 1. The number of thiazole rings is 1. The number of methoxy groups -OCH3 is 2. The van der Waals surface area contributed by atoms with E-state index in [0.29, 0.717) is 17.9 Å². The lowest BCUT2D eigenvalue weighted by atomic mass is 9.68. The van der Waals surface area contributed by atoms with Crippen molar-refractivity contribution in [3.8, 4) is 11.5 Å². The van der Waals surface area contributed by atoms with Gasteiger partial charge in [0.05, 0.1) is 42.3 Å². The number of halogens is 3. The minimum absolute atomic E-state index is 0.0414. The summed E-state index contributed by atoms with van der Waals surface area (Å²) in [5.74, 6) is -1.55. The largest absolute Gasteiger partial charge is 0.493 e. The van der Waals surface area contributed by atoms with Crippen molar-refractivity contribution in [2.45, 2.75) is 28.8 Å². The van der Waals surface area contributed by atoms with E-state index < -0.39 is 35.4 Å². The number of rotatable bonds is 4. The fourth-order valence-electron chi connectivity index (χ4n) is 7.51. The molecular formula is C28H23F3N2O5S2. The van der Waals surface area contributed by atoms with Gasteiger partial charge in [-0.1, -0.05) is 23.5 Å². The summed E-state index contributed by atoms with van der Waals surface area (Å²) in [5.41, 5.74) is -0.0362. The number of aromatic amines is 1. The van der Waals surface area contributed by atoms with Gasteiger partial charge >= 0.3 is 11.0 Å². The summed E-state index contributed by atoms with van der Waals surface area (Å²) < 4.78 is 51.2. The Morgan fingerprint density at radius 2 is 1.68 bits per heavy atom. The number of thioether (sulfide) groups is 1. The molecule has 3 fully saturated rings. The summed E-state index contributed by atoms with van der Waals surface area (Å²) in [6.45, 7) is 0. The highest BCUT2D eigenvalue weighted by molar-refractivity contribution is 8.00. The van der Waals surface area contributed by atoms with Crippen molar-refractivity contribution >= 4 is 40.6 Å². The Kier molecular flexibility index (Phi) is 5.70. The zero-order valence-electron chi connectivity index (χ0n) is 21.2. The molecule has 12 heteroatoms. The Labute approximate surface area is 234 Å². The number of alkyl halides is 3. The lowest BCUT2D eigenvalue weighted by Gasteiger charge is -2.43. The number of benzene rings is 2. The van der Waals surface area contributed by atoms with Crippen LogP contribution in [-0.4, -0.2) is 36.3 Å². The van der Waals surface area contributed by atoms with E-state index in [1.807, 2.05) is 18.2 Å². The van der Waals surface area contributed by atoms with Gasteiger partial charge in [0.25, 0.3) is 0 Å². The van der Waals surface area contributed by atoms with Gasteiger partial charge in [-0.3, -0.25) is 19.3 Å². The van der Waals surface area contributed by atoms with Crippen LogP contribution in [0.4, 0.5) is 18.9 Å². The average molecular weight is 589 g/mol. The fraction of sp³-hybridized carbons (Fsp3) is 0.393. The topological polar surface area (TPSA) is 88.7 Å². The molecule has 3 heterocycles. The molecule has 0 spiro atoms. The molecule has 2 bridgehead atoms. The Balaban J connectivity index is 1.30. The third-order valence-electron chi connectivity index (χ3n) is 8.92. The second-order valence-electron chi connectivity index (χ2n) is 10.6. The molecule has 208 valence electrons. The quantitative estimate of drug-likeness (QED) is 0.424. The zero-order valence-corrected chi connectivity index (χ0v) is 22.9. The number of H-pyrrole nitrogens is 1. The molecule has 0 radical (unpaired) electrons. The standard InChI is InChI=1S/C28H23F3N2O5S2/c1-37-16-7-6-11(8-17(16)38-2)18-19-14-10-15(22(19)39-24-23(18)40-27(36)32-24)21-20(14)25(34)33(26(21)35)13-5-3-4-12(9-13)28(29,30)31/h3-9,14-15,18-22H,10H2,1-2H3,(H,32,36)/t14-,15+,18-,19+,20+,21+,22+/m0/s1. The van der Waals surface area contributed by atoms with E-state index in [2.05, 4.69) is 4.98 Å². The van der Waals surface area contributed by atoms with Crippen LogP contribution in [-0.2, 0) is 15.8 Å². The number of hydrogen-bond donors (Lipinski definition) is 1. The number of fused-ring (bicyclic) bond motifs is 9. The number of carbonyl (C=O) groups excluding carboxylic acids is 2. The smallest absolute Gasteiger partial charge is 0.416 e. The van der Waals surface area contributed by atoms with Crippen LogP contribution in [0.2, 0.25) is 0 Å². The van der Waals surface area contributed by atoms with Crippen LogP contribution < -0.4 is 19.2 Å². The molecule has 2 amide bonds. The second kappa shape index (κ2) is 8.87. The number of nitrogens with zero attached hydrogens (tertiary/aromatic N) is 1. The van der Waals surface area contributed by atoms with Crippen molar-refractivity contribution in [2.75, 3.05) is 19.1 Å². The second-order valence-corrected chi connectivity index (χ2v) is 12.8. The van der Waals surface area contributed by atoms with E-state index in [1.54, 1.807) is 26.0 Å². The van der Waals surface area contributed by atoms with E-state index >= 15 is 0 Å². The molecule has 7 atom stereocenters. The summed E-state index contributed by atoms with van der Waals surface area (Å²) in [6.07, 6.45) is -3.92. The van der Waals surface area contributed by atoms with Crippen molar-refractivity contribution in [1.82, 2.24) is 4.98 Å². The minimum atomic E-state index is -4.59. The fourth-order valence-corrected chi connectivity index (χ4v) is 10.4.